The normalized spacial score (nSPS) is 12.8. The standard InChI is InChI=1S/C82H144O5/c1-3-5-7-9-11-13-15-17-19-21-23-25-27-29-31-33-35-37-39-41-43-45-47-49-51-53-55-57-59-61-63-65-67-69-71-73-75-77-82(85)87-80(78-83)79-86-81(84)76-74-72-70-68-66-64-62-60-58-56-54-52-50-48-46-44-42-40-38-36-34-32-30-28-26-24-22-20-18-16-14-12-10-8-6-4-2/h5,7,11,13,17,19,23,25,29,31,35,37,41,43,47,49,53,55,80,83H,3-4,6,8-10,12,14-16,18,20-22,24,26-28,30,32-34,36,38-40,42,44-46,48,50-52,54,56-79H2,1-2H3/b7-5-,13-11-,19-17-,25-23-,31-29-,37-35-,43-41-,49-47-,55-53-. The van der Waals surface area contributed by atoms with Crippen LogP contribution in [-0.4, -0.2) is 36.4 Å². The van der Waals surface area contributed by atoms with Gasteiger partial charge in [-0.15, -0.1) is 0 Å². The van der Waals surface area contributed by atoms with Gasteiger partial charge in [0.05, 0.1) is 6.61 Å². The van der Waals surface area contributed by atoms with Crippen LogP contribution in [0.4, 0.5) is 0 Å². The zero-order valence-corrected chi connectivity index (χ0v) is 57.8. The van der Waals surface area contributed by atoms with Crippen LogP contribution in [0.15, 0.2) is 109 Å². The van der Waals surface area contributed by atoms with E-state index in [1.807, 2.05) is 0 Å². The fraction of sp³-hybridized carbons (Fsp3) is 0.756. The first-order valence-electron chi connectivity index (χ1n) is 37.9. The molecule has 0 amide bonds. The van der Waals surface area contributed by atoms with Crippen molar-refractivity contribution in [2.45, 2.75) is 386 Å². The van der Waals surface area contributed by atoms with E-state index in [9.17, 15) is 14.7 Å². The van der Waals surface area contributed by atoms with Crippen molar-refractivity contribution in [1.29, 1.82) is 0 Å². The highest BCUT2D eigenvalue weighted by Gasteiger charge is 2.16. The zero-order chi connectivity index (χ0) is 62.6. The number of ether oxygens (including phenoxy) is 2. The lowest BCUT2D eigenvalue weighted by atomic mass is 10.0. The molecule has 0 heterocycles. The molecular formula is C82H144O5. The highest BCUT2D eigenvalue weighted by molar-refractivity contribution is 5.70. The Morgan fingerprint density at radius 1 is 0.276 bits per heavy atom. The van der Waals surface area contributed by atoms with Gasteiger partial charge in [0, 0.05) is 12.8 Å². The molecule has 0 bridgehead atoms. The Labute approximate surface area is 541 Å². The van der Waals surface area contributed by atoms with Gasteiger partial charge < -0.3 is 14.6 Å². The SMILES string of the molecule is CC/C=C\C/C=C\C/C=C\C/C=C\C/C=C\C/C=C\C/C=C\C/C=C\C/C=C\CCCCCCCCCCCC(=O)OC(CO)COC(=O)CCCCCCCCCCCCCCCCCCCCCCCCCCCCCCCCCCCCCC. The summed E-state index contributed by atoms with van der Waals surface area (Å²) in [4.78, 5) is 24.7. The highest BCUT2D eigenvalue weighted by Crippen LogP contribution is 2.19. The Bertz CT molecular complexity index is 1660. The number of allylic oxidation sites excluding steroid dienone is 18. The number of carbonyl (C=O) groups is 2. The van der Waals surface area contributed by atoms with Crippen LogP contribution in [0.2, 0.25) is 0 Å². The molecule has 1 N–H and O–H groups in total. The van der Waals surface area contributed by atoms with E-state index in [0.29, 0.717) is 12.8 Å². The van der Waals surface area contributed by atoms with Crippen molar-refractivity contribution >= 4 is 11.9 Å². The Hall–Kier alpha value is -3.44. The van der Waals surface area contributed by atoms with Crippen LogP contribution in [0.3, 0.4) is 0 Å². The summed E-state index contributed by atoms with van der Waals surface area (Å²) < 4.78 is 10.8. The predicted octanol–water partition coefficient (Wildman–Crippen LogP) is 26.7. The smallest absolute Gasteiger partial charge is 0.306 e. The molecule has 1 unspecified atom stereocenters. The Kier molecular flexibility index (Phi) is 73.8. The van der Waals surface area contributed by atoms with Gasteiger partial charge >= 0.3 is 11.9 Å². The summed E-state index contributed by atoms with van der Waals surface area (Å²) in [6, 6.07) is 0. The summed E-state index contributed by atoms with van der Waals surface area (Å²) in [5.41, 5.74) is 0. The van der Waals surface area contributed by atoms with Crippen LogP contribution in [0.5, 0.6) is 0 Å². The maximum absolute atomic E-state index is 12.4. The number of unbranched alkanes of at least 4 members (excludes halogenated alkanes) is 44. The molecule has 1 atom stereocenters. The molecule has 0 saturated carbocycles. The van der Waals surface area contributed by atoms with Gasteiger partial charge in [0.25, 0.3) is 0 Å². The number of carbonyl (C=O) groups excluding carboxylic acids is 2. The lowest BCUT2D eigenvalue weighted by Gasteiger charge is -2.15. The van der Waals surface area contributed by atoms with Gasteiger partial charge in [0.1, 0.15) is 6.61 Å². The predicted molar refractivity (Wildman–Crippen MR) is 385 cm³/mol. The van der Waals surface area contributed by atoms with Gasteiger partial charge in [-0.05, 0) is 83.5 Å². The van der Waals surface area contributed by atoms with E-state index in [4.69, 9.17) is 9.47 Å². The molecule has 0 radical (unpaired) electrons. The van der Waals surface area contributed by atoms with Crippen LogP contribution in [0, 0.1) is 0 Å². The minimum atomic E-state index is -0.782. The molecule has 0 spiro atoms. The third-order valence-electron chi connectivity index (χ3n) is 16.8. The first kappa shape index (κ1) is 83.6. The topological polar surface area (TPSA) is 72.8 Å². The third-order valence-corrected chi connectivity index (χ3v) is 16.8. The molecule has 0 saturated heterocycles. The van der Waals surface area contributed by atoms with Gasteiger partial charge in [-0.2, -0.15) is 0 Å². The molecule has 0 aliphatic rings. The van der Waals surface area contributed by atoms with E-state index in [2.05, 4.69) is 123 Å². The van der Waals surface area contributed by atoms with Crippen molar-refractivity contribution in [2.24, 2.45) is 0 Å². The van der Waals surface area contributed by atoms with Gasteiger partial charge in [-0.1, -0.05) is 393 Å². The molecular weight excluding hydrogens is 1060 g/mol. The van der Waals surface area contributed by atoms with E-state index in [1.165, 1.54) is 250 Å². The Morgan fingerprint density at radius 3 is 0.747 bits per heavy atom. The fourth-order valence-corrected chi connectivity index (χ4v) is 11.2. The number of hydrogen-bond acceptors (Lipinski definition) is 5. The minimum Gasteiger partial charge on any atom is -0.462 e. The Balaban J connectivity index is 3.47. The van der Waals surface area contributed by atoms with E-state index >= 15 is 0 Å². The van der Waals surface area contributed by atoms with Gasteiger partial charge in [0.15, 0.2) is 6.10 Å². The summed E-state index contributed by atoms with van der Waals surface area (Å²) in [5.74, 6) is -0.586. The largest absolute Gasteiger partial charge is 0.462 e. The average molecular weight is 1210 g/mol. The second kappa shape index (κ2) is 76.8. The first-order valence-corrected chi connectivity index (χ1v) is 37.9. The molecule has 0 aromatic rings. The molecule has 0 aromatic heterocycles. The van der Waals surface area contributed by atoms with E-state index in [0.717, 1.165) is 103 Å². The third kappa shape index (κ3) is 74.9. The summed E-state index contributed by atoms with van der Waals surface area (Å²) in [6.07, 6.45) is 112. The Morgan fingerprint density at radius 2 is 0.494 bits per heavy atom. The van der Waals surface area contributed by atoms with Gasteiger partial charge in [-0.3, -0.25) is 9.59 Å². The summed E-state index contributed by atoms with van der Waals surface area (Å²) in [7, 11) is 0. The second-order valence-electron chi connectivity index (χ2n) is 25.4. The van der Waals surface area contributed by atoms with E-state index < -0.39 is 6.10 Å². The average Bonchev–Trinajstić information content (AvgIpc) is 3.52. The maximum Gasteiger partial charge on any atom is 0.306 e. The summed E-state index contributed by atoms with van der Waals surface area (Å²) >= 11 is 0. The van der Waals surface area contributed by atoms with Crippen LogP contribution in [0.25, 0.3) is 0 Å². The number of aliphatic hydroxyl groups excluding tert-OH is 1. The monoisotopic (exact) mass is 1210 g/mol. The molecule has 502 valence electrons. The molecule has 0 aromatic carbocycles. The van der Waals surface area contributed by atoms with Crippen molar-refractivity contribution in [3.63, 3.8) is 0 Å². The summed E-state index contributed by atoms with van der Waals surface area (Å²) in [6.45, 7) is 4.07. The number of esters is 2. The number of hydrogen-bond donors (Lipinski definition) is 1. The lowest BCUT2D eigenvalue weighted by Crippen LogP contribution is -2.28. The van der Waals surface area contributed by atoms with E-state index in [1.54, 1.807) is 0 Å². The second-order valence-corrected chi connectivity index (χ2v) is 25.4. The van der Waals surface area contributed by atoms with Crippen molar-refractivity contribution in [2.75, 3.05) is 13.2 Å². The highest BCUT2D eigenvalue weighted by atomic mass is 16.6. The minimum absolute atomic E-state index is 0.0693. The van der Waals surface area contributed by atoms with Gasteiger partial charge in [0.2, 0.25) is 0 Å². The van der Waals surface area contributed by atoms with Crippen LogP contribution >= 0.6 is 0 Å². The van der Waals surface area contributed by atoms with Crippen LogP contribution in [0.1, 0.15) is 380 Å². The molecule has 0 rings (SSSR count). The first-order chi connectivity index (χ1) is 43.1. The number of aliphatic hydroxyl groups is 1. The fourth-order valence-electron chi connectivity index (χ4n) is 11.2. The van der Waals surface area contributed by atoms with Crippen LogP contribution in [-0.2, 0) is 19.1 Å². The van der Waals surface area contributed by atoms with Crippen LogP contribution < -0.4 is 0 Å². The van der Waals surface area contributed by atoms with E-state index in [-0.39, 0.29) is 25.2 Å². The van der Waals surface area contributed by atoms with Crippen molar-refractivity contribution in [3.8, 4) is 0 Å². The lowest BCUT2D eigenvalue weighted by molar-refractivity contribution is -0.161. The number of rotatable bonds is 70. The molecule has 5 nitrogen and oxygen atoms in total. The van der Waals surface area contributed by atoms with Crippen molar-refractivity contribution < 1.29 is 24.2 Å². The zero-order valence-electron chi connectivity index (χ0n) is 57.8. The maximum atomic E-state index is 12.4. The molecule has 5 heteroatoms. The molecule has 0 aliphatic heterocycles. The van der Waals surface area contributed by atoms with Crippen molar-refractivity contribution in [1.82, 2.24) is 0 Å². The quantitative estimate of drug-likeness (QED) is 0.0373. The summed E-state index contributed by atoms with van der Waals surface area (Å²) in [5, 5.41) is 9.72. The molecule has 0 fully saturated rings. The molecule has 0 aliphatic carbocycles. The molecule has 87 heavy (non-hydrogen) atoms. The van der Waals surface area contributed by atoms with Crippen molar-refractivity contribution in [3.05, 3.63) is 109 Å². The van der Waals surface area contributed by atoms with Gasteiger partial charge in [-0.25, -0.2) is 0 Å².